The summed E-state index contributed by atoms with van der Waals surface area (Å²) in [5.74, 6) is 1.20. The van der Waals surface area contributed by atoms with Gasteiger partial charge in [-0.3, -0.25) is 4.98 Å². The molecule has 0 saturated heterocycles. The van der Waals surface area contributed by atoms with Crippen molar-refractivity contribution < 1.29 is 0 Å². The van der Waals surface area contributed by atoms with E-state index in [2.05, 4.69) is 19.9 Å². The van der Waals surface area contributed by atoms with Gasteiger partial charge in [0.1, 0.15) is 11.3 Å². The third kappa shape index (κ3) is 1.90. The number of nitrogens with zero attached hydrogens (tertiary/aromatic N) is 3. The highest BCUT2D eigenvalue weighted by Crippen LogP contribution is 2.16. The first-order valence-electron chi connectivity index (χ1n) is 5.73. The second kappa shape index (κ2) is 4.10. The third-order valence-electron chi connectivity index (χ3n) is 2.82. The topological polar surface area (TPSA) is 80.5 Å². The van der Waals surface area contributed by atoms with Crippen LogP contribution in [-0.2, 0) is 6.42 Å². The Labute approximate surface area is 104 Å². The van der Waals surface area contributed by atoms with Crippen LogP contribution in [0.3, 0.4) is 0 Å². The molecule has 0 amide bonds. The number of pyridine rings is 1. The number of anilines is 1. The Bertz CT molecular complexity index is 684. The van der Waals surface area contributed by atoms with E-state index in [4.69, 9.17) is 5.73 Å². The van der Waals surface area contributed by atoms with Crippen molar-refractivity contribution in [3.05, 3.63) is 47.7 Å². The maximum Gasteiger partial charge on any atom is 0.151 e. The van der Waals surface area contributed by atoms with Crippen molar-refractivity contribution in [1.29, 1.82) is 0 Å². The fourth-order valence-corrected chi connectivity index (χ4v) is 1.88. The maximum absolute atomic E-state index is 5.88. The number of aryl methyl sites for hydroxylation is 1. The Kier molecular flexibility index (Phi) is 2.44. The molecule has 3 rings (SSSR count). The fraction of sp³-hybridized carbons (Fsp3) is 0.154. The number of fused-ring (bicyclic) bond motifs is 1. The summed E-state index contributed by atoms with van der Waals surface area (Å²) in [5, 5.41) is 0. The van der Waals surface area contributed by atoms with E-state index in [0.29, 0.717) is 18.1 Å². The molecule has 0 atom stereocenters. The molecule has 18 heavy (non-hydrogen) atoms. The lowest BCUT2D eigenvalue weighted by Gasteiger charge is -2.03. The number of nitrogen functional groups attached to an aromatic ring is 1. The summed E-state index contributed by atoms with van der Waals surface area (Å²) in [6.07, 6.45) is 4.29. The Morgan fingerprint density at radius 1 is 1.22 bits per heavy atom. The molecule has 0 fully saturated rings. The summed E-state index contributed by atoms with van der Waals surface area (Å²) < 4.78 is 0. The van der Waals surface area contributed by atoms with Crippen LogP contribution in [0.25, 0.3) is 11.0 Å². The quantitative estimate of drug-likeness (QED) is 0.715. The number of rotatable bonds is 2. The summed E-state index contributed by atoms with van der Waals surface area (Å²) >= 11 is 0. The van der Waals surface area contributed by atoms with Crippen LogP contribution in [0.15, 0.2) is 30.6 Å². The number of aromatic amines is 1. The molecule has 0 aliphatic heterocycles. The van der Waals surface area contributed by atoms with Crippen LogP contribution in [0.2, 0.25) is 0 Å². The van der Waals surface area contributed by atoms with Crippen LogP contribution in [0.4, 0.5) is 5.82 Å². The molecule has 3 heterocycles. The first-order chi connectivity index (χ1) is 8.72. The van der Waals surface area contributed by atoms with Gasteiger partial charge in [0.25, 0.3) is 0 Å². The zero-order chi connectivity index (χ0) is 12.5. The van der Waals surface area contributed by atoms with E-state index < -0.39 is 0 Å². The van der Waals surface area contributed by atoms with Gasteiger partial charge < -0.3 is 10.7 Å². The molecule has 0 aliphatic rings. The molecular weight excluding hydrogens is 226 g/mol. The SMILES string of the molecule is Cc1ccc(Cc2nc(N)c3[nH]ccc3n2)cn1. The predicted molar refractivity (Wildman–Crippen MR) is 70.1 cm³/mol. The van der Waals surface area contributed by atoms with Gasteiger partial charge in [-0.15, -0.1) is 0 Å². The van der Waals surface area contributed by atoms with Crippen LogP contribution < -0.4 is 5.73 Å². The van der Waals surface area contributed by atoms with Crippen molar-refractivity contribution in [1.82, 2.24) is 19.9 Å². The zero-order valence-corrected chi connectivity index (χ0v) is 10.0. The number of hydrogen-bond acceptors (Lipinski definition) is 4. The molecule has 90 valence electrons. The Morgan fingerprint density at radius 3 is 2.89 bits per heavy atom. The summed E-state index contributed by atoms with van der Waals surface area (Å²) in [4.78, 5) is 16.0. The molecule has 0 spiro atoms. The van der Waals surface area contributed by atoms with Crippen molar-refractivity contribution in [2.75, 3.05) is 5.73 Å². The van der Waals surface area contributed by atoms with Gasteiger partial charge in [-0.1, -0.05) is 6.07 Å². The van der Waals surface area contributed by atoms with Gasteiger partial charge in [-0.25, -0.2) is 9.97 Å². The minimum Gasteiger partial charge on any atom is -0.382 e. The van der Waals surface area contributed by atoms with Crippen molar-refractivity contribution in [2.45, 2.75) is 13.3 Å². The molecular formula is C13H13N5. The molecule has 0 radical (unpaired) electrons. The lowest BCUT2D eigenvalue weighted by atomic mass is 10.2. The normalized spacial score (nSPS) is 10.9. The zero-order valence-electron chi connectivity index (χ0n) is 10.0. The van der Waals surface area contributed by atoms with Crippen molar-refractivity contribution in [3.8, 4) is 0 Å². The molecule has 0 unspecified atom stereocenters. The lowest BCUT2D eigenvalue weighted by molar-refractivity contribution is 0.983. The highest BCUT2D eigenvalue weighted by atomic mass is 15.0. The van der Waals surface area contributed by atoms with Crippen LogP contribution in [0.5, 0.6) is 0 Å². The fourth-order valence-electron chi connectivity index (χ4n) is 1.88. The Hall–Kier alpha value is -2.43. The van der Waals surface area contributed by atoms with Crippen LogP contribution >= 0.6 is 0 Å². The van der Waals surface area contributed by atoms with E-state index in [1.54, 1.807) is 0 Å². The van der Waals surface area contributed by atoms with E-state index in [1.165, 1.54) is 0 Å². The van der Waals surface area contributed by atoms with Crippen molar-refractivity contribution >= 4 is 16.9 Å². The minimum absolute atomic E-state index is 0.486. The Morgan fingerprint density at radius 2 is 2.11 bits per heavy atom. The van der Waals surface area contributed by atoms with Gasteiger partial charge in [0, 0.05) is 24.5 Å². The van der Waals surface area contributed by atoms with E-state index >= 15 is 0 Å². The number of nitrogens with one attached hydrogen (secondary N) is 1. The molecule has 3 N–H and O–H groups in total. The van der Waals surface area contributed by atoms with Gasteiger partial charge in [0.05, 0.1) is 5.52 Å². The van der Waals surface area contributed by atoms with Crippen LogP contribution in [0.1, 0.15) is 17.1 Å². The number of H-pyrrole nitrogens is 1. The summed E-state index contributed by atoms with van der Waals surface area (Å²) in [6.45, 7) is 1.96. The average molecular weight is 239 g/mol. The van der Waals surface area contributed by atoms with Gasteiger partial charge in [0.2, 0.25) is 0 Å². The van der Waals surface area contributed by atoms with Gasteiger partial charge >= 0.3 is 0 Å². The van der Waals surface area contributed by atoms with E-state index in [0.717, 1.165) is 22.3 Å². The van der Waals surface area contributed by atoms with E-state index in [1.807, 2.05) is 37.5 Å². The monoisotopic (exact) mass is 239 g/mol. The molecule has 0 aromatic carbocycles. The highest BCUT2D eigenvalue weighted by molar-refractivity contribution is 5.84. The van der Waals surface area contributed by atoms with Crippen LogP contribution in [-0.4, -0.2) is 19.9 Å². The van der Waals surface area contributed by atoms with Gasteiger partial charge in [-0.2, -0.15) is 0 Å². The van der Waals surface area contributed by atoms with Crippen molar-refractivity contribution in [3.63, 3.8) is 0 Å². The van der Waals surface area contributed by atoms with Gasteiger partial charge in [-0.05, 0) is 24.6 Å². The molecule has 0 bridgehead atoms. The standard InChI is InChI=1S/C13H13N5/c1-8-2-3-9(7-16-8)6-11-17-10-4-5-15-12(10)13(14)18-11/h2-5,7,15H,6H2,1H3,(H2,14,17,18). The molecule has 5 nitrogen and oxygen atoms in total. The summed E-state index contributed by atoms with van der Waals surface area (Å²) in [7, 11) is 0. The first-order valence-corrected chi connectivity index (χ1v) is 5.73. The summed E-state index contributed by atoms with van der Waals surface area (Å²) in [5.41, 5.74) is 9.60. The minimum atomic E-state index is 0.486. The van der Waals surface area contributed by atoms with Crippen LogP contribution in [0, 0.1) is 6.92 Å². The summed E-state index contributed by atoms with van der Waals surface area (Å²) in [6, 6.07) is 5.90. The predicted octanol–water partition coefficient (Wildman–Crippen LogP) is 1.83. The lowest BCUT2D eigenvalue weighted by Crippen LogP contribution is -2.01. The molecule has 3 aromatic rings. The molecule has 0 saturated carbocycles. The van der Waals surface area contributed by atoms with Crippen molar-refractivity contribution in [2.24, 2.45) is 0 Å². The molecule has 0 aliphatic carbocycles. The Balaban J connectivity index is 1.97. The average Bonchev–Trinajstić information content (AvgIpc) is 2.81. The van der Waals surface area contributed by atoms with E-state index in [9.17, 15) is 0 Å². The molecule has 3 aromatic heterocycles. The largest absolute Gasteiger partial charge is 0.382 e. The van der Waals surface area contributed by atoms with E-state index in [-0.39, 0.29) is 0 Å². The second-order valence-corrected chi connectivity index (χ2v) is 4.25. The maximum atomic E-state index is 5.88. The first kappa shape index (κ1) is 10.7. The third-order valence-corrected chi connectivity index (χ3v) is 2.82. The van der Waals surface area contributed by atoms with Gasteiger partial charge in [0.15, 0.2) is 5.82 Å². The highest BCUT2D eigenvalue weighted by Gasteiger charge is 2.06. The number of aromatic nitrogens is 4. The smallest absolute Gasteiger partial charge is 0.151 e. The number of nitrogens with two attached hydrogens (primary N) is 1. The second-order valence-electron chi connectivity index (χ2n) is 4.25. The number of hydrogen-bond donors (Lipinski definition) is 2. The molecule has 5 heteroatoms.